The van der Waals surface area contributed by atoms with Crippen molar-refractivity contribution < 1.29 is 27.1 Å². The Morgan fingerprint density at radius 3 is 2.71 bits per heavy atom. The van der Waals surface area contributed by atoms with Gasteiger partial charge in [-0.3, -0.25) is 4.79 Å². The van der Waals surface area contributed by atoms with Crippen LogP contribution in [0, 0.1) is 0 Å². The summed E-state index contributed by atoms with van der Waals surface area (Å²) in [7, 11) is 0. The van der Waals surface area contributed by atoms with E-state index in [9.17, 15) is 18.0 Å². The monoisotopic (exact) mass is 533 g/mol. The molecule has 4 heterocycles. The summed E-state index contributed by atoms with van der Waals surface area (Å²) in [5, 5.41) is 7.25. The Bertz CT molecular complexity index is 1270. The molecule has 0 atom stereocenters. The molecule has 0 saturated heterocycles. The van der Waals surface area contributed by atoms with Crippen LogP contribution >= 0.6 is 0 Å². The van der Waals surface area contributed by atoms with Gasteiger partial charge in [0.25, 0.3) is 5.91 Å². The number of fused-ring (bicyclic) bond motifs is 2. The van der Waals surface area contributed by atoms with E-state index in [1.54, 1.807) is 23.0 Å². The van der Waals surface area contributed by atoms with Crippen molar-refractivity contribution >= 4 is 11.4 Å². The number of hydrogen-bond acceptors (Lipinski definition) is 5. The fourth-order valence-electron chi connectivity index (χ4n) is 5.33. The van der Waals surface area contributed by atoms with Crippen LogP contribution in [0.15, 0.2) is 42.7 Å². The molecule has 0 radical (unpaired) electrons. The maximum atomic E-state index is 15.6. The smallest absolute Gasteiger partial charge is 0.422 e. The van der Waals surface area contributed by atoms with Crippen molar-refractivity contribution in [1.29, 1.82) is 0 Å². The fourth-order valence-corrected chi connectivity index (χ4v) is 5.33. The van der Waals surface area contributed by atoms with Crippen LogP contribution in [0.25, 0.3) is 5.52 Å². The lowest BCUT2D eigenvalue weighted by Gasteiger charge is -2.35. The van der Waals surface area contributed by atoms with Gasteiger partial charge in [0.05, 0.1) is 17.3 Å². The first-order valence-electron chi connectivity index (χ1n) is 13.0. The lowest BCUT2D eigenvalue weighted by molar-refractivity contribution is -0.154. The summed E-state index contributed by atoms with van der Waals surface area (Å²) in [4.78, 5) is 19.3. The third-order valence-electron chi connectivity index (χ3n) is 7.55. The summed E-state index contributed by atoms with van der Waals surface area (Å²) in [6.45, 7) is 0.638. The Hall–Kier alpha value is -3.21. The van der Waals surface area contributed by atoms with Crippen LogP contribution in [0.1, 0.15) is 53.7 Å². The molecule has 204 valence electrons. The normalized spacial score (nSPS) is 22.6. The number of amides is 1. The molecule has 1 saturated carbocycles. The first kappa shape index (κ1) is 26.4. The maximum absolute atomic E-state index is 15.6. The minimum Gasteiger partial charge on any atom is -0.468 e. The molecule has 3 aromatic rings. The first-order valence-corrected chi connectivity index (χ1v) is 13.0. The summed E-state index contributed by atoms with van der Waals surface area (Å²) in [6.07, 6.45) is 2.57. The van der Waals surface area contributed by atoms with E-state index in [1.807, 2.05) is 18.2 Å². The molecule has 7 nitrogen and oxygen atoms in total. The van der Waals surface area contributed by atoms with Gasteiger partial charge in [-0.2, -0.15) is 18.3 Å². The minimum atomic E-state index is -4.41. The van der Waals surface area contributed by atoms with Crippen LogP contribution in [0.3, 0.4) is 0 Å². The van der Waals surface area contributed by atoms with Gasteiger partial charge in [0.15, 0.2) is 6.61 Å². The van der Waals surface area contributed by atoms with E-state index < -0.39 is 18.5 Å². The molecule has 0 bridgehead atoms. The molecule has 5 rings (SSSR count). The van der Waals surface area contributed by atoms with Crippen molar-refractivity contribution in [2.24, 2.45) is 0 Å². The van der Waals surface area contributed by atoms with Crippen molar-refractivity contribution in [3.8, 4) is 5.88 Å². The van der Waals surface area contributed by atoms with Crippen molar-refractivity contribution in [1.82, 2.24) is 24.8 Å². The molecule has 0 unspecified atom stereocenters. The van der Waals surface area contributed by atoms with Gasteiger partial charge in [0.1, 0.15) is 5.67 Å². The Morgan fingerprint density at radius 2 is 1.92 bits per heavy atom. The van der Waals surface area contributed by atoms with Crippen LogP contribution in [0.5, 0.6) is 5.88 Å². The molecule has 1 N–H and O–H groups in total. The number of aromatic nitrogens is 3. The number of hydrogen-bond donors (Lipinski definition) is 1. The average Bonchev–Trinajstić information content (AvgIpc) is 3.22. The van der Waals surface area contributed by atoms with Crippen molar-refractivity contribution in [2.75, 3.05) is 26.2 Å². The zero-order valence-corrected chi connectivity index (χ0v) is 21.0. The molecule has 11 heteroatoms. The highest BCUT2D eigenvalue weighted by Gasteiger charge is 2.36. The van der Waals surface area contributed by atoms with Crippen LogP contribution in [-0.4, -0.2) is 69.5 Å². The number of ether oxygens (including phenoxy) is 1. The van der Waals surface area contributed by atoms with E-state index in [2.05, 4.69) is 20.3 Å². The van der Waals surface area contributed by atoms with E-state index >= 15 is 4.39 Å². The molecular formula is C27H31F4N5O2. The second-order valence-electron chi connectivity index (χ2n) is 10.2. The van der Waals surface area contributed by atoms with Crippen molar-refractivity contribution in [3.05, 3.63) is 59.5 Å². The highest BCUT2D eigenvalue weighted by Crippen LogP contribution is 2.35. The lowest BCUT2D eigenvalue weighted by atomic mass is 9.81. The van der Waals surface area contributed by atoms with Gasteiger partial charge in [-0.25, -0.2) is 13.9 Å². The van der Waals surface area contributed by atoms with E-state index in [0.717, 1.165) is 23.3 Å². The molecule has 1 amide bonds. The van der Waals surface area contributed by atoms with E-state index in [4.69, 9.17) is 4.74 Å². The molecule has 0 aromatic carbocycles. The lowest BCUT2D eigenvalue weighted by Crippen LogP contribution is -2.43. The molecule has 0 spiro atoms. The molecular weight excluding hydrogens is 502 g/mol. The van der Waals surface area contributed by atoms with Gasteiger partial charge in [-0.1, -0.05) is 12.1 Å². The highest BCUT2D eigenvalue weighted by molar-refractivity contribution is 6.00. The van der Waals surface area contributed by atoms with E-state index in [1.165, 1.54) is 6.07 Å². The third-order valence-corrected chi connectivity index (χ3v) is 7.55. The highest BCUT2D eigenvalue weighted by atomic mass is 19.4. The van der Waals surface area contributed by atoms with Gasteiger partial charge in [0.2, 0.25) is 5.88 Å². The van der Waals surface area contributed by atoms with Crippen LogP contribution in [0.4, 0.5) is 17.6 Å². The second-order valence-corrected chi connectivity index (χ2v) is 10.2. The number of nitrogens with zero attached hydrogens (tertiary/aromatic N) is 4. The van der Waals surface area contributed by atoms with Crippen molar-refractivity contribution in [2.45, 2.75) is 62.8 Å². The molecule has 1 aliphatic carbocycles. The summed E-state index contributed by atoms with van der Waals surface area (Å²) in [5.74, 6) is -0.213. The zero-order valence-electron chi connectivity index (χ0n) is 21.0. The summed E-state index contributed by atoms with van der Waals surface area (Å²) >= 11 is 0. The summed E-state index contributed by atoms with van der Waals surface area (Å²) in [5.41, 5.74) is 1.70. The first-order chi connectivity index (χ1) is 18.2. The van der Waals surface area contributed by atoms with Crippen LogP contribution < -0.4 is 10.1 Å². The van der Waals surface area contributed by atoms with Gasteiger partial charge in [-0.05, 0) is 56.2 Å². The van der Waals surface area contributed by atoms with Crippen LogP contribution in [-0.2, 0) is 12.8 Å². The Balaban J connectivity index is 1.08. The minimum absolute atomic E-state index is 0.0253. The predicted octanol–water partition coefficient (Wildman–Crippen LogP) is 4.54. The van der Waals surface area contributed by atoms with Crippen molar-refractivity contribution in [3.63, 3.8) is 0 Å². The fraction of sp³-hybridized carbons (Fsp3) is 0.519. The quantitative estimate of drug-likeness (QED) is 0.452. The number of rotatable bonds is 7. The molecule has 1 aliphatic heterocycles. The number of carbonyl (C=O) groups excluding carboxylic acids is 1. The summed E-state index contributed by atoms with van der Waals surface area (Å²) in [6, 6.07) is 8.72. The standard InChI is InChI=1S/C27H31F4N5O2/c28-26(10-6-20(7-11-26)33-25(37)21-17-32-36-13-2-1-3-23(21)36)12-16-35-14-8-19-4-5-24(34-22(19)9-15-35)38-18-27(29,30)31/h1-5,13,17,20H,6-12,14-16,18H2,(H,33,37). The number of carbonyl (C=O) groups is 1. The largest absolute Gasteiger partial charge is 0.468 e. The zero-order chi connectivity index (χ0) is 26.8. The van der Waals surface area contributed by atoms with Crippen LogP contribution in [0.2, 0.25) is 0 Å². The number of halogens is 4. The van der Waals surface area contributed by atoms with Gasteiger partial charge < -0.3 is 15.0 Å². The molecule has 38 heavy (non-hydrogen) atoms. The number of pyridine rings is 2. The predicted molar refractivity (Wildman–Crippen MR) is 133 cm³/mol. The van der Waals surface area contributed by atoms with E-state index in [0.29, 0.717) is 63.6 Å². The third kappa shape index (κ3) is 6.43. The molecule has 3 aromatic heterocycles. The Kier molecular flexibility index (Phi) is 7.56. The summed E-state index contributed by atoms with van der Waals surface area (Å²) < 4.78 is 59.4. The van der Waals surface area contributed by atoms with Gasteiger partial charge in [-0.15, -0.1) is 0 Å². The van der Waals surface area contributed by atoms with Gasteiger partial charge in [0, 0.05) is 50.1 Å². The molecule has 1 fully saturated rings. The number of nitrogens with one attached hydrogen (secondary N) is 1. The second kappa shape index (κ2) is 10.9. The Labute approximate surface area is 218 Å². The maximum Gasteiger partial charge on any atom is 0.422 e. The topological polar surface area (TPSA) is 71.8 Å². The Morgan fingerprint density at radius 1 is 1.13 bits per heavy atom. The average molecular weight is 534 g/mol. The number of alkyl halides is 4. The van der Waals surface area contributed by atoms with Gasteiger partial charge >= 0.3 is 6.18 Å². The SMILES string of the molecule is O=C(NC1CCC(F)(CCN2CCc3ccc(OCC(F)(F)F)nc3CC2)CC1)c1cnn2ccccc12. The van der Waals surface area contributed by atoms with E-state index in [-0.39, 0.29) is 17.8 Å². The molecule has 2 aliphatic rings.